The van der Waals surface area contributed by atoms with E-state index in [1.807, 2.05) is 5.10 Å². The Balaban J connectivity index is 1.74. The molecule has 10 heteroatoms. The monoisotopic (exact) mass is 488 g/mol. The maximum Gasteiger partial charge on any atom is 0.433 e. The molecule has 0 atom stereocenters. The lowest BCUT2D eigenvalue weighted by Crippen LogP contribution is -2.07. The second-order valence-corrected chi connectivity index (χ2v) is 7.45. The Bertz CT molecular complexity index is 1350. The van der Waals surface area contributed by atoms with Gasteiger partial charge in [0, 0.05) is 22.8 Å². The van der Waals surface area contributed by atoms with Crippen LogP contribution in [-0.4, -0.2) is 29.5 Å². The van der Waals surface area contributed by atoms with Gasteiger partial charge in [0.05, 0.1) is 14.2 Å². The number of phenols is 1. The van der Waals surface area contributed by atoms with Gasteiger partial charge in [-0.05, 0) is 35.9 Å². The number of hydrogen-bond donors (Lipinski definition) is 2. The molecule has 0 saturated heterocycles. The van der Waals surface area contributed by atoms with E-state index in [1.165, 1.54) is 56.7 Å². The minimum absolute atomic E-state index is 0.0415. The first kappa shape index (κ1) is 23.9. The number of aromatic nitrogens is 2. The van der Waals surface area contributed by atoms with Gasteiger partial charge < -0.3 is 19.3 Å². The predicted molar refractivity (Wildman–Crippen MR) is 120 cm³/mol. The summed E-state index contributed by atoms with van der Waals surface area (Å²) in [5.41, 5.74) is -0.970. The number of aromatic hydroxyl groups is 1. The smallest absolute Gasteiger partial charge is 0.433 e. The van der Waals surface area contributed by atoms with Crippen molar-refractivity contribution >= 4 is 0 Å². The van der Waals surface area contributed by atoms with Crippen LogP contribution in [0.1, 0.15) is 11.3 Å². The summed E-state index contributed by atoms with van der Waals surface area (Å²) in [7, 11) is 2.78. The molecule has 0 spiro atoms. The molecule has 0 aliphatic rings. The molecule has 4 rings (SSSR count). The highest BCUT2D eigenvalue weighted by atomic mass is 19.4. The zero-order chi connectivity index (χ0) is 25.2. The molecule has 2 N–H and O–H groups in total. The number of phenolic OH excluding ortho intramolecular Hbond substituents is 1. The van der Waals surface area contributed by atoms with Crippen molar-refractivity contribution < 1.29 is 36.9 Å². The molecule has 1 heterocycles. The molecule has 0 fully saturated rings. The number of nitrogens with zero attached hydrogens (tertiary/aromatic N) is 1. The molecule has 0 bridgehead atoms. The molecule has 4 aromatic rings. The fraction of sp³-hybridized carbons (Fsp3) is 0.160. The van der Waals surface area contributed by atoms with E-state index >= 15 is 0 Å². The van der Waals surface area contributed by atoms with Gasteiger partial charge in [-0.1, -0.05) is 24.3 Å². The number of aromatic amines is 1. The minimum Gasteiger partial charge on any atom is -0.507 e. The molecular formula is C25H20F4N2O4. The van der Waals surface area contributed by atoms with Gasteiger partial charge in [0.2, 0.25) is 0 Å². The number of methoxy groups -OCH3 is 2. The summed E-state index contributed by atoms with van der Waals surface area (Å²) in [6, 6.07) is 14.4. The van der Waals surface area contributed by atoms with Crippen LogP contribution in [-0.2, 0) is 12.8 Å². The molecule has 6 nitrogen and oxygen atoms in total. The van der Waals surface area contributed by atoms with Crippen molar-refractivity contribution in [2.24, 2.45) is 0 Å². The Hall–Kier alpha value is -4.21. The van der Waals surface area contributed by atoms with Gasteiger partial charge in [0.1, 0.15) is 35.3 Å². The highest BCUT2D eigenvalue weighted by Gasteiger charge is 2.38. The van der Waals surface area contributed by atoms with E-state index in [0.29, 0.717) is 11.3 Å². The minimum atomic E-state index is -4.74. The van der Waals surface area contributed by atoms with Gasteiger partial charge in [-0.25, -0.2) is 4.39 Å². The van der Waals surface area contributed by atoms with Crippen molar-refractivity contribution in [2.75, 3.05) is 14.2 Å². The molecule has 3 aromatic carbocycles. The molecule has 1 aromatic heterocycles. The Morgan fingerprint density at radius 2 is 1.69 bits per heavy atom. The van der Waals surface area contributed by atoms with Gasteiger partial charge in [-0.15, -0.1) is 0 Å². The standard InChI is InChI=1S/C25H20F4N2O4/c1-33-20-10-7-14(11-21(20)34-2)22-23(30-31-24(22)25(27,28)29)17-9-8-16(12-19(17)32)35-13-15-5-3-4-6-18(15)26/h3-12,32H,13H2,1-2H3,(H,30,31). The summed E-state index contributed by atoms with van der Waals surface area (Å²) in [6.07, 6.45) is -4.74. The second-order valence-electron chi connectivity index (χ2n) is 7.45. The summed E-state index contributed by atoms with van der Waals surface area (Å²) in [4.78, 5) is 0. The molecule has 0 amide bonds. The number of benzene rings is 3. The van der Waals surface area contributed by atoms with Crippen LogP contribution in [0.25, 0.3) is 22.4 Å². The van der Waals surface area contributed by atoms with E-state index < -0.39 is 17.7 Å². The number of hydrogen-bond acceptors (Lipinski definition) is 5. The molecule has 0 radical (unpaired) electrons. The quantitative estimate of drug-likeness (QED) is 0.303. The van der Waals surface area contributed by atoms with Crippen LogP contribution < -0.4 is 14.2 Å². The largest absolute Gasteiger partial charge is 0.507 e. The second kappa shape index (κ2) is 9.57. The first-order chi connectivity index (χ1) is 16.7. The Morgan fingerprint density at radius 1 is 0.943 bits per heavy atom. The summed E-state index contributed by atoms with van der Waals surface area (Å²) < 4.78 is 71.2. The molecule has 0 unspecified atom stereocenters. The van der Waals surface area contributed by atoms with Crippen LogP contribution in [0.5, 0.6) is 23.0 Å². The number of nitrogens with one attached hydrogen (secondary N) is 1. The van der Waals surface area contributed by atoms with Crippen LogP contribution >= 0.6 is 0 Å². The lowest BCUT2D eigenvalue weighted by Gasteiger charge is -2.13. The molecule has 0 saturated carbocycles. The maximum absolute atomic E-state index is 13.8. The zero-order valence-electron chi connectivity index (χ0n) is 18.6. The third-order valence-corrected chi connectivity index (χ3v) is 5.30. The predicted octanol–water partition coefficient (Wildman–Crippen LogP) is 6.20. The fourth-order valence-electron chi connectivity index (χ4n) is 3.59. The van der Waals surface area contributed by atoms with E-state index in [1.54, 1.807) is 18.2 Å². The normalized spacial score (nSPS) is 11.4. The number of H-pyrrole nitrogens is 1. The molecule has 35 heavy (non-hydrogen) atoms. The van der Waals surface area contributed by atoms with E-state index in [4.69, 9.17) is 14.2 Å². The number of ether oxygens (including phenoxy) is 3. The fourth-order valence-corrected chi connectivity index (χ4v) is 3.59. The molecular weight excluding hydrogens is 468 g/mol. The average molecular weight is 488 g/mol. The molecule has 182 valence electrons. The molecule has 0 aliphatic heterocycles. The Labute approximate surface area is 197 Å². The van der Waals surface area contributed by atoms with Crippen molar-refractivity contribution in [3.63, 3.8) is 0 Å². The van der Waals surface area contributed by atoms with Gasteiger partial charge in [-0.3, -0.25) is 5.10 Å². The van der Waals surface area contributed by atoms with Crippen molar-refractivity contribution in [1.29, 1.82) is 0 Å². The number of halogens is 4. The topological polar surface area (TPSA) is 76.6 Å². The summed E-state index contributed by atoms with van der Waals surface area (Å²) in [5, 5.41) is 16.5. The molecule has 0 aliphatic carbocycles. The van der Waals surface area contributed by atoms with Crippen molar-refractivity contribution in [1.82, 2.24) is 10.2 Å². The van der Waals surface area contributed by atoms with Crippen LogP contribution in [0.3, 0.4) is 0 Å². The van der Waals surface area contributed by atoms with E-state index in [-0.39, 0.29) is 46.2 Å². The first-order valence-corrected chi connectivity index (χ1v) is 10.3. The first-order valence-electron chi connectivity index (χ1n) is 10.3. The van der Waals surface area contributed by atoms with Crippen LogP contribution in [0, 0.1) is 5.82 Å². The Kier molecular flexibility index (Phi) is 6.54. The van der Waals surface area contributed by atoms with E-state index in [2.05, 4.69) is 5.10 Å². The van der Waals surface area contributed by atoms with Crippen LogP contribution in [0.2, 0.25) is 0 Å². The van der Waals surface area contributed by atoms with E-state index in [9.17, 15) is 22.7 Å². The summed E-state index contributed by atoms with van der Waals surface area (Å²) in [6.45, 7) is -0.0943. The maximum atomic E-state index is 13.8. The summed E-state index contributed by atoms with van der Waals surface area (Å²) >= 11 is 0. The van der Waals surface area contributed by atoms with Crippen molar-refractivity contribution in [3.8, 4) is 45.4 Å². The SMILES string of the molecule is COc1ccc(-c2c(-c3ccc(OCc4ccccc4F)cc3O)n[nH]c2C(F)(F)F)cc1OC. The average Bonchev–Trinajstić information content (AvgIpc) is 3.28. The van der Waals surface area contributed by atoms with Gasteiger partial charge >= 0.3 is 6.18 Å². The van der Waals surface area contributed by atoms with Gasteiger partial charge in [-0.2, -0.15) is 18.3 Å². The third kappa shape index (κ3) is 4.86. The zero-order valence-corrected chi connectivity index (χ0v) is 18.6. The van der Waals surface area contributed by atoms with Gasteiger partial charge in [0.25, 0.3) is 0 Å². The highest BCUT2D eigenvalue weighted by molar-refractivity contribution is 5.86. The number of rotatable bonds is 7. The lowest BCUT2D eigenvalue weighted by atomic mass is 9.97. The highest BCUT2D eigenvalue weighted by Crippen LogP contribution is 2.45. The van der Waals surface area contributed by atoms with Crippen molar-refractivity contribution in [3.05, 3.63) is 77.7 Å². The third-order valence-electron chi connectivity index (χ3n) is 5.30. The van der Waals surface area contributed by atoms with Crippen LogP contribution in [0.4, 0.5) is 17.6 Å². The van der Waals surface area contributed by atoms with Crippen LogP contribution in [0.15, 0.2) is 60.7 Å². The van der Waals surface area contributed by atoms with Gasteiger partial charge in [0.15, 0.2) is 11.5 Å². The number of alkyl halides is 3. The Morgan fingerprint density at radius 3 is 2.34 bits per heavy atom. The van der Waals surface area contributed by atoms with Crippen molar-refractivity contribution in [2.45, 2.75) is 12.8 Å². The van der Waals surface area contributed by atoms with E-state index in [0.717, 1.165) is 0 Å². The summed E-state index contributed by atoms with van der Waals surface area (Å²) in [5.74, 6) is -0.0312. The lowest BCUT2D eigenvalue weighted by molar-refractivity contribution is -0.140.